The average Bonchev–Trinajstić information content (AvgIpc) is 3.04. The Morgan fingerprint density at radius 1 is 0.609 bits per heavy atom. The summed E-state index contributed by atoms with van der Waals surface area (Å²) in [4.78, 5) is 51.0. The molecular formula is C36H54N4O6. The first-order valence-electron chi connectivity index (χ1n) is 17.0. The van der Waals surface area contributed by atoms with E-state index in [0.29, 0.717) is 32.1 Å². The van der Waals surface area contributed by atoms with Gasteiger partial charge >= 0.3 is 0 Å². The molecule has 46 heavy (non-hydrogen) atoms. The zero-order valence-corrected chi connectivity index (χ0v) is 28.0. The van der Waals surface area contributed by atoms with E-state index < -0.39 is 11.8 Å². The second-order valence-corrected chi connectivity index (χ2v) is 12.1. The molecule has 0 saturated carbocycles. The van der Waals surface area contributed by atoms with Gasteiger partial charge in [0.1, 0.15) is 11.5 Å². The maximum atomic E-state index is 12.8. The Morgan fingerprint density at radius 3 is 1.57 bits per heavy atom. The van der Waals surface area contributed by atoms with E-state index in [0.717, 1.165) is 68.9 Å². The smallest absolute Gasteiger partial charge is 0.273 e. The van der Waals surface area contributed by atoms with Gasteiger partial charge in [0.25, 0.3) is 11.8 Å². The molecule has 6 N–H and O–H groups in total. The second-order valence-electron chi connectivity index (χ2n) is 12.1. The third-order valence-electron chi connectivity index (χ3n) is 8.41. The van der Waals surface area contributed by atoms with Crippen LogP contribution in [0.4, 0.5) is 0 Å². The molecule has 2 unspecified atom stereocenters. The fraction of sp³-hybridized carbons (Fsp3) is 0.556. The molecule has 0 aliphatic carbocycles. The third kappa shape index (κ3) is 12.4. The number of hydrogen-bond donors (Lipinski definition) is 6. The Balaban J connectivity index is 1.74. The molecule has 0 aliphatic rings. The predicted octanol–water partition coefficient (Wildman–Crippen LogP) is 6.40. The van der Waals surface area contributed by atoms with Crippen LogP contribution in [-0.2, 0) is 22.4 Å². The fourth-order valence-electron chi connectivity index (χ4n) is 5.50. The van der Waals surface area contributed by atoms with E-state index in [1.54, 1.807) is 19.1 Å². The van der Waals surface area contributed by atoms with E-state index >= 15 is 0 Å². The van der Waals surface area contributed by atoms with Crippen molar-refractivity contribution in [3.8, 4) is 11.5 Å². The molecule has 254 valence electrons. The highest BCUT2D eigenvalue weighted by Gasteiger charge is 2.21. The summed E-state index contributed by atoms with van der Waals surface area (Å²) in [5, 5.41) is 20.6. The number of phenols is 2. The largest absolute Gasteiger partial charge is 0.507 e. The summed E-state index contributed by atoms with van der Waals surface area (Å²) in [7, 11) is 0. The van der Waals surface area contributed by atoms with Crippen molar-refractivity contribution in [2.75, 3.05) is 0 Å². The Bertz CT molecular complexity index is 1280. The Kier molecular flexibility index (Phi) is 17.3. The van der Waals surface area contributed by atoms with Crippen molar-refractivity contribution in [2.24, 2.45) is 11.8 Å². The molecule has 0 fully saturated rings. The summed E-state index contributed by atoms with van der Waals surface area (Å²) in [5.74, 6) is -2.52. The number of rotatable bonds is 19. The molecule has 2 aromatic carbocycles. The lowest BCUT2D eigenvalue weighted by Crippen LogP contribution is -2.44. The van der Waals surface area contributed by atoms with Gasteiger partial charge in [-0.05, 0) is 68.2 Å². The van der Waals surface area contributed by atoms with Gasteiger partial charge in [-0.3, -0.25) is 40.9 Å². The molecule has 0 spiro atoms. The maximum Gasteiger partial charge on any atom is 0.273 e. The van der Waals surface area contributed by atoms with E-state index in [2.05, 4.69) is 35.6 Å². The van der Waals surface area contributed by atoms with Crippen molar-refractivity contribution < 1.29 is 29.4 Å². The molecule has 0 aromatic heterocycles. The van der Waals surface area contributed by atoms with Gasteiger partial charge < -0.3 is 10.2 Å². The van der Waals surface area contributed by atoms with Crippen LogP contribution in [0.1, 0.15) is 137 Å². The Hall–Kier alpha value is -4.08. The number of unbranched alkanes of at least 4 members (excludes halogenated alkanes) is 6. The van der Waals surface area contributed by atoms with E-state index in [1.165, 1.54) is 12.1 Å². The number of hydrazine groups is 2. The number of aromatic hydroxyl groups is 2. The van der Waals surface area contributed by atoms with Crippen LogP contribution in [0.2, 0.25) is 0 Å². The van der Waals surface area contributed by atoms with Gasteiger partial charge in [-0.1, -0.05) is 96.9 Å². The van der Waals surface area contributed by atoms with E-state index in [9.17, 15) is 29.4 Å². The van der Waals surface area contributed by atoms with Gasteiger partial charge in [0.15, 0.2) is 0 Å². The Morgan fingerprint density at radius 2 is 1.09 bits per heavy atom. The van der Waals surface area contributed by atoms with Crippen molar-refractivity contribution in [3.05, 3.63) is 58.7 Å². The van der Waals surface area contributed by atoms with Gasteiger partial charge in [0.2, 0.25) is 11.8 Å². The topological polar surface area (TPSA) is 157 Å². The van der Waals surface area contributed by atoms with Crippen molar-refractivity contribution in [3.63, 3.8) is 0 Å². The predicted molar refractivity (Wildman–Crippen MR) is 180 cm³/mol. The van der Waals surface area contributed by atoms with Crippen molar-refractivity contribution in [1.82, 2.24) is 21.7 Å². The van der Waals surface area contributed by atoms with Crippen LogP contribution in [0.15, 0.2) is 36.4 Å². The minimum atomic E-state index is -0.543. The summed E-state index contributed by atoms with van der Waals surface area (Å²) in [6.45, 7) is 7.92. The third-order valence-corrected chi connectivity index (χ3v) is 8.41. The first kappa shape index (κ1) is 38.1. The number of nitrogens with one attached hydrogen (secondary N) is 4. The summed E-state index contributed by atoms with van der Waals surface area (Å²) < 4.78 is 0. The van der Waals surface area contributed by atoms with Crippen LogP contribution in [0.5, 0.6) is 11.5 Å². The van der Waals surface area contributed by atoms with Crippen LogP contribution in [0.3, 0.4) is 0 Å². The molecule has 0 heterocycles. The lowest BCUT2D eigenvalue weighted by molar-refractivity contribution is -0.126. The second kappa shape index (κ2) is 20.9. The number of phenolic OH excluding ortho intramolecular Hbond substituents is 2. The minimum absolute atomic E-state index is 0.111. The zero-order valence-electron chi connectivity index (χ0n) is 28.0. The van der Waals surface area contributed by atoms with Crippen molar-refractivity contribution in [1.29, 1.82) is 0 Å². The molecule has 0 aliphatic heterocycles. The first-order chi connectivity index (χ1) is 22.1. The van der Waals surface area contributed by atoms with Gasteiger partial charge in [-0.15, -0.1) is 0 Å². The van der Waals surface area contributed by atoms with Gasteiger partial charge in [0.05, 0.1) is 11.1 Å². The molecule has 2 rings (SSSR count). The number of aryl methyl sites for hydroxylation is 2. The number of benzene rings is 2. The van der Waals surface area contributed by atoms with Crippen LogP contribution in [0, 0.1) is 11.8 Å². The highest BCUT2D eigenvalue weighted by molar-refractivity contribution is 6.00. The molecular weight excluding hydrogens is 584 g/mol. The lowest BCUT2D eigenvalue weighted by atomic mass is 9.96. The molecule has 0 saturated heterocycles. The molecule has 2 atom stereocenters. The van der Waals surface area contributed by atoms with Crippen LogP contribution >= 0.6 is 0 Å². The van der Waals surface area contributed by atoms with Crippen LogP contribution < -0.4 is 21.7 Å². The van der Waals surface area contributed by atoms with Crippen LogP contribution in [-0.4, -0.2) is 33.8 Å². The number of amides is 4. The standard InChI is InChI=1S/C36H54N4O6/c1-5-8-11-19-27-21-15-23-29(41)31(27)35(45)39-37-33(43)25(4)17-13-10-14-18-26(7-3)34(44)38-40-36(46)32-28(20-12-9-6-2)22-16-24-30(32)42/h15-16,21-26,41-42H,5-14,17-20H2,1-4H3,(H,37,43)(H,38,44)(H,39,45)(H,40,46). The summed E-state index contributed by atoms with van der Waals surface area (Å²) in [6, 6.07) is 10.0. The van der Waals surface area contributed by atoms with Crippen molar-refractivity contribution in [2.45, 2.75) is 118 Å². The maximum absolute atomic E-state index is 12.8. The minimum Gasteiger partial charge on any atom is -0.507 e. The molecule has 10 nitrogen and oxygen atoms in total. The quantitative estimate of drug-likeness (QED) is 0.0773. The zero-order chi connectivity index (χ0) is 33.9. The summed E-state index contributed by atoms with van der Waals surface area (Å²) in [5.41, 5.74) is 11.8. The molecule has 4 amide bonds. The average molecular weight is 639 g/mol. The highest BCUT2D eigenvalue weighted by atomic mass is 16.3. The van der Waals surface area contributed by atoms with Gasteiger partial charge in [0, 0.05) is 11.8 Å². The number of carbonyl (C=O) groups excluding carboxylic acids is 4. The normalized spacial score (nSPS) is 12.2. The first-order valence-corrected chi connectivity index (χ1v) is 17.0. The van der Waals surface area contributed by atoms with Gasteiger partial charge in [-0.25, -0.2) is 0 Å². The SMILES string of the molecule is CCCCCc1cccc(O)c1C(=O)NNC(=O)C(C)CCCCCC(CC)C(=O)NNC(=O)c1c(O)cccc1CCCCC. The van der Waals surface area contributed by atoms with E-state index in [-0.39, 0.29) is 46.3 Å². The van der Waals surface area contributed by atoms with Crippen molar-refractivity contribution >= 4 is 23.6 Å². The molecule has 10 heteroatoms. The number of carbonyl (C=O) groups is 4. The number of hydrogen-bond acceptors (Lipinski definition) is 6. The highest BCUT2D eigenvalue weighted by Crippen LogP contribution is 2.24. The lowest BCUT2D eigenvalue weighted by Gasteiger charge is -2.17. The van der Waals surface area contributed by atoms with Gasteiger partial charge in [-0.2, -0.15) is 0 Å². The molecule has 0 bridgehead atoms. The summed E-state index contributed by atoms with van der Waals surface area (Å²) >= 11 is 0. The fourth-order valence-corrected chi connectivity index (χ4v) is 5.50. The Labute approximate surface area is 274 Å². The summed E-state index contributed by atoms with van der Waals surface area (Å²) in [6.07, 6.45) is 11.5. The van der Waals surface area contributed by atoms with E-state index in [4.69, 9.17) is 0 Å². The molecule has 0 radical (unpaired) electrons. The monoisotopic (exact) mass is 638 g/mol. The molecule has 2 aromatic rings. The van der Waals surface area contributed by atoms with E-state index in [1.807, 2.05) is 19.1 Å². The van der Waals surface area contributed by atoms with Crippen LogP contribution in [0.25, 0.3) is 0 Å².